The second-order valence-electron chi connectivity index (χ2n) is 4.91. The Bertz CT molecular complexity index is 585. The van der Waals surface area contributed by atoms with Crippen molar-refractivity contribution in [3.8, 4) is 0 Å². The maximum atomic E-state index is 13.4. The van der Waals surface area contributed by atoms with Crippen LogP contribution in [0.25, 0.3) is 0 Å². The second-order valence-corrected chi connectivity index (χ2v) is 4.91. The number of hydrogen-bond donors (Lipinski definition) is 1. The minimum atomic E-state index is -1.17. The van der Waals surface area contributed by atoms with Crippen LogP contribution in [0.5, 0.6) is 0 Å². The molecule has 0 radical (unpaired) electrons. The topological polar surface area (TPSA) is 43.1 Å². The molecular weight excluding hydrogens is 241 g/mol. The summed E-state index contributed by atoms with van der Waals surface area (Å²) in [6.07, 6.45) is 0. The van der Waals surface area contributed by atoms with Crippen LogP contribution in [-0.4, -0.2) is 5.78 Å². The molecule has 2 aromatic carbocycles. The van der Waals surface area contributed by atoms with Gasteiger partial charge in [0.2, 0.25) is 0 Å². The van der Waals surface area contributed by atoms with Crippen LogP contribution in [0.3, 0.4) is 0 Å². The molecule has 3 heteroatoms. The van der Waals surface area contributed by atoms with Gasteiger partial charge in [-0.15, -0.1) is 0 Å². The standard InChI is InChI=1S/C16H16FNO/c1-11-8-12(10-14(17)9-11)15(19)16(2,18)13-6-4-3-5-7-13/h3-10H,18H2,1-2H3. The van der Waals surface area contributed by atoms with Crippen molar-refractivity contribution in [1.29, 1.82) is 0 Å². The van der Waals surface area contributed by atoms with E-state index < -0.39 is 11.4 Å². The third kappa shape index (κ3) is 2.71. The summed E-state index contributed by atoms with van der Waals surface area (Å²) in [5.41, 5.74) is 6.69. The Morgan fingerprint density at radius 3 is 2.37 bits per heavy atom. The Morgan fingerprint density at radius 2 is 1.79 bits per heavy atom. The zero-order chi connectivity index (χ0) is 14.0. The summed E-state index contributed by atoms with van der Waals surface area (Å²) in [7, 11) is 0. The van der Waals surface area contributed by atoms with Gasteiger partial charge in [-0.3, -0.25) is 4.79 Å². The van der Waals surface area contributed by atoms with E-state index in [2.05, 4.69) is 0 Å². The molecule has 98 valence electrons. The third-order valence-electron chi connectivity index (χ3n) is 3.15. The Morgan fingerprint density at radius 1 is 1.16 bits per heavy atom. The van der Waals surface area contributed by atoms with Crippen molar-refractivity contribution in [3.05, 3.63) is 71.0 Å². The maximum Gasteiger partial charge on any atom is 0.186 e. The van der Waals surface area contributed by atoms with Gasteiger partial charge in [0.25, 0.3) is 0 Å². The van der Waals surface area contributed by atoms with Crippen molar-refractivity contribution in [3.63, 3.8) is 0 Å². The molecule has 1 unspecified atom stereocenters. The van der Waals surface area contributed by atoms with Gasteiger partial charge in [0.15, 0.2) is 5.78 Å². The fourth-order valence-corrected chi connectivity index (χ4v) is 2.08. The van der Waals surface area contributed by atoms with Crippen molar-refractivity contribution < 1.29 is 9.18 Å². The van der Waals surface area contributed by atoms with E-state index in [9.17, 15) is 9.18 Å². The number of halogens is 1. The normalized spacial score (nSPS) is 13.9. The predicted octanol–water partition coefficient (Wildman–Crippen LogP) is 3.19. The average molecular weight is 257 g/mol. The zero-order valence-electron chi connectivity index (χ0n) is 11.0. The van der Waals surface area contributed by atoms with Crippen LogP contribution in [0, 0.1) is 12.7 Å². The SMILES string of the molecule is Cc1cc(F)cc(C(=O)C(C)(N)c2ccccc2)c1. The quantitative estimate of drug-likeness (QED) is 0.858. The molecule has 0 fully saturated rings. The molecule has 0 aliphatic rings. The fraction of sp³-hybridized carbons (Fsp3) is 0.188. The summed E-state index contributed by atoms with van der Waals surface area (Å²) in [6, 6.07) is 13.4. The van der Waals surface area contributed by atoms with Crippen molar-refractivity contribution in [2.45, 2.75) is 19.4 Å². The molecule has 0 heterocycles. The van der Waals surface area contributed by atoms with Gasteiger partial charge in [-0.05, 0) is 43.2 Å². The van der Waals surface area contributed by atoms with Crippen LogP contribution in [-0.2, 0) is 5.54 Å². The van der Waals surface area contributed by atoms with E-state index in [4.69, 9.17) is 5.73 Å². The smallest absolute Gasteiger partial charge is 0.186 e. The van der Waals surface area contributed by atoms with E-state index in [1.165, 1.54) is 12.1 Å². The highest BCUT2D eigenvalue weighted by atomic mass is 19.1. The van der Waals surface area contributed by atoms with E-state index >= 15 is 0 Å². The third-order valence-corrected chi connectivity index (χ3v) is 3.15. The van der Waals surface area contributed by atoms with Crippen LogP contribution in [0.15, 0.2) is 48.5 Å². The number of Topliss-reactive ketones (excluding diaryl/α,β-unsaturated/α-hetero) is 1. The lowest BCUT2D eigenvalue weighted by Crippen LogP contribution is -2.41. The van der Waals surface area contributed by atoms with Gasteiger partial charge >= 0.3 is 0 Å². The summed E-state index contributed by atoms with van der Waals surface area (Å²) in [4.78, 5) is 12.5. The minimum absolute atomic E-state index is 0.290. The van der Waals surface area contributed by atoms with Crippen molar-refractivity contribution in [1.82, 2.24) is 0 Å². The molecule has 2 nitrogen and oxygen atoms in total. The van der Waals surface area contributed by atoms with Crippen molar-refractivity contribution in [2.24, 2.45) is 5.73 Å². The van der Waals surface area contributed by atoms with Crippen LogP contribution in [0.1, 0.15) is 28.4 Å². The van der Waals surface area contributed by atoms with Gasteiger partial charge in [-0.2, -0.15) is 0 Å². The van der Waals surface area contributed by atoms with Gasteiger partial charge in [0.1, 0.15) is 11.4 Å². The van der Waals surface area contributed by atoms with Gasteiger partial charge in [0, 0.05) is 5.56 Å². The summed E-state index contributed by atoms with van der Waals surface area (Å²) < 4.78 is 13.4. The van der Waals surface area contributed by atoms with Crippen molar-refractivity contribution >= 4 is 5.78 Å². The molecule has 0 bridgehead atoms. The Kier molecular flexibility index (Phi) is 3.49. The molecule has 0 aliphatic carbocycles. The molecule has 0 spiro atoms. The second kappa shape index (κ2) is 4.94. The first-order valence-electron chi connectivity index (χ1n) is 6.07. The summed E-state index contributed by atoms with van der Waals surface area (Å²) in [6.45, 7) is 3.39. The van der Waals surface area contributed by atoms with Gasteiger partial charge in [-0.25, -0.2) is 4.39 Å². The largest absolute Gasteiger partial charge is 0.315 e. The molecular formula is C16H16FNO. The average Bonchev–Trinajstić information content (AvgIpc) is 2.37. The Labute approximate surface area is 112 Å². The first-order chi connectivity index (χ1) is 8.91. The molecule has 0 aromatic heterocycles. The summed E-state index contributed by atoms with van der Waals surface area (Å²) in [5, 5.41) is 0. The molecule has 2 N–H and O–H groups in total. The highest BCUT2D eigenvalue weighted by Crippen LogP contribution is 2.23. The lowest BCUT2D eigenvalue weighted by Gasteiger charge is -2.24. The molecule has 0 saturated carbocycles. The first kappa shape index (κ1) is 13.4. The molecule has 0 saturated heterocycles. The van der Waals surface area contributed by atoms with Crippen LogP contribution in [0.2, 0.25) is 0 Å². The summed E-state index contributed by atoms with van der Waals surface area (Å²) in [5.74, 6) is -0.714. The number of carbonyl (C=O) groups is 1. The zero-order valence-corrected chi connectivity index (χ0v) is 11.0. The lowest BCUT2D eigenvalue weighted by atomic mass is 9.85. The highest BCUT2D eigenvalue weighted by molar-refractivity contribution is 6.03. The van der Waals surface area contributed by atoms with Gasteiger partial charge in [-0.1, -0.05) is 30.3 Å². The lowest BCUT2D eigenvalue weighted by molar-refractivity contribution is 0.0899. The molecule has 0 aliphatic heterocycles. The monoisotopic (exact) mass is 257 g/mol. The van der Waals surface area contributed by atoms with E-state index in [0.29, 0.717) is 16.7 Å². The fourth-order valence-electron chi connectivity index (χ4n) is 2.08. The van der Waals surface area contributed by atoms with E-state index in [0.717, 1.165) is 0 Å². The van der Waals surface area contributed by atoms with E-state index in [-0.39, 0.29) is 5.78 Å². The van der Waals surface area contributed by atoms with Crippen molar-refractivity contribution in [2.75, 3.05) is 0 Å². The molecule has 0 amide bonds. The molecule has 2 rings (SSSR count). The van der Waals surface area contributed by atoms with Gasteiger partial charge in [0.05, 0.1) is 0 Å². The number of ketones is 1. The Hall–Kier alpha value is -2.00. The van der Waals surface area contributed by atoms with E-state index in [1.54, 1.807) is 32.0 Å². The number of nitrogens with two attached hydrogens (primary N) is 1. The molecule has 2 aromatic rings. The number of hydrogen-bond acceptors (Lipinski definition) is 2. The number of rotatable bonds is 3. The van der Waals surface area contributed by atoms with Gasteiger partial charge < -0.3 is 5.73 Å². The first-order valence-corrected chi connectivity index (χ1v) is 6.07. The van der Waals surface area contributed by atoms with Crippen LogP contribution in [0.4, 0.5) is 4.39 Å². The minimum Gasteiger partial charge on any atom is -0.315 e. The highest BCUT2D eigenvalue weighted by Gasteiger charge is 2.31. The molecule has 19 heavy (non-hydrogen) atoms. The molecule has 1 atom stereocenters. The van der Waals surface area contributed by atoms with E-state index in [1.807, 2.05) is 18.2 Å². The van der Waals surface area contributed by atoms with Crippen LogP contribution < -0.4 is 5.73 Å². The number of carbonyl (C=O) groups excluding carboxylic acids is 1. The van der Waals surface area contributed by atoms with Crippen LogP contribution >= 0.6 is 0 Å². The number of aryl methyl sites for hydroxylation is 1. The predicted molar refractivity (Wildman–Crippen MR) is 73.4 cm³/mol. The Balaban J connectivity index is 2.43. The number of benzene rings is 2. The summed E-state index contributed by atoms with van der Waals surface area (Å²) >= 11 is 0. The maximum absolute atomic E-state index is 13.4.